The Labute approximate surface area is 91.8 Å². The summed E-state index contributed by atoms with van der Waals surface area (Å²) in [6.45, 7) is 7.17. The molecule has 1 aliphatic carbocycles. The maximum atomic E-state index is 11.9. The van der Waals surface area contributed by atoms with Gasteiger partial charge in [0.2, 0.25) is 5.91 Å². The van der Waals surface area contributed by atoms with Gasteiger partial charge >= 0.3 is 0 Å². The van der Waals surface area contributed by atoms with Crippen LogP contribution in [0, 0.1) is 28.6 Å². The van der Waals surface area contributed by atoms with Gasteiger partial charge in [0, 0.05) is 17.4 Å². The minimum absolute atomic E-state index is 0.112. The Kier molecular flexibility index (Phi) is 1.96. The lowest BCUT2D eigenvalue weighted by atomic mass is 9.53. The number of carbonyl (C=O) groups is 1. The molecule has 82 valence electrons. The Morgan fingerprint density at radius 1 is 1.27 bits per heavy atom. The zero-order valence-electron chi connectivity index (χ0n) is 9.81. The molecule has 0 aromatic heterocycles. The Balaban J connectivity index is 2.39. The summed E-state index contributed by atoms with van der Waals surface area (Å²) >= 11 is 0. The molecule has 2 heteroatoms. The Bertz CT molecular complexity index is 356. The van der Waals surface area contributed by atoms with Crippen molar-refractivity contribution < 1.29 is 4.79 Å². The number of rotatable bonds is 0. The molecule has 0 radical (unpaired) electrons. The molecule has 2 aliphatic rings. The Hall–Kier alpha value is -0.970. The van der Waals surface area contributed by atoms with Gasteiger partial charge in [-0.1, -0.05) is 13.8 Å². The molecule has 2 fully saturated rings. The molecular formula is C13H19NO. The van der Waals surface area contributed by atoms with Crippen LogP contribution in [-0.4, -0.2) is 12.5 Å². The van der Waals surface area contributed by atoms with Crippen molar-refractivity contribution in [3.8, 4) is 12.3 Å². The van der Waals surface area contributed by atoms with E-state index in [9.17, 15) is 4.79 Å². The van der Waals surface area contributed by atoms with Gasteiger partial charge in [-0.05, 0) is 31.6 Å². The van der Waals surface area contributed by atoms with E-state index in [1.807, 2.05) is 0 Å². The van der Waals surface area contributed by atoms with Crippen LogP contribution >= 0.6 is 0 Å². The predicted octanol–water partition coefficient (Wildman–Crippen LogP) is 1.95. The molecule has 2 rings (SSSR count). The number of carbonyl (C=O) groups excluding carboxylic acids is 1. The maximum absolute atomic E-state index is 11.9. The summed E-state index contributed by atoms with van der Waals surface area (Å²) < 4.78 is 0. The molecule has 15 heavy (non-hydrogen) atoms. The summed E-state index contributed by atoms with van der Waals surface area (Å²) in [5.74, 6) is 3.08. The molecule has 2 nitrogen and oxygen atoms in total. The second-order valence-corrected chi connectivity index (χ2v) is 6.29. The molecule has 0 aromatic rings. The van der Waals surface area contributed by atoms with Gasteiger partial charge in [0.1, 0.15) is 0 Å². The van der Waals surface area contributed by atoms with Crippen molar-refractivity contribution in [1.29, 1.82) is 0 Å². The first kappa shape index (κ1) is 10.5. The highest BCUT2D eigenvalue weighted by Gasteiger charge is 2.54. The van der Waals surface area contributed by atoms with Crippen molar-refractivity contribution in [2.45, 2.75) is 40.0 Å². The highest BCUT2D eigenvalue weighted by atomic mass is 16.2. The molecule has 3 atom stereocenters. The summed E-state index contributed by atoms with van der Waals surface area (Å²) in [5, 5.41) is 3.02. The molecule has 1 aliphatic heterocycles. The van der Waals surface area contributed by atoms with Gasteiger partial charge in [0.05, 0.1) is 0 Å². The van der Waals surface area contributed by atoms with Crippen LogP contribution < -0.4 is 5.32 Å². The van der Waals surface area contributed by atoms with Gasteiger partial charge < -0.3 is 5.32 Å². The summed E-state index contributed by atoms with van der Waals surface area (Å²) in [4.78, 5) is 11.9. The Morgan fingerprint density at radius 2 is 1.93 bits per heavy atom. The number of terminal acetylenes is 1. The number of hydrogen-bond donors (Lipinski definition) is 1. The summed E-state index contributed by atoms with van der Waals surface area (Å²) in [6.07, 6.45) is 8.44. The van der Waals surface area contributed by atoms with Crippen LogP contribution in [0.15, 0.2) is 0 Å². The van der Waals surface area contributed by atoms with E-state index in [1.165, 1.54) is 0 Å². The van der Waals surface area contributed by atoms with Crippen LogP contribution in [0.25, 0.3) is 0 Å². The smallest absolute Gasteiger partial charge is 0.226 e. The molecule has 1 heterocycles. The van der Waals surface area contributed by atoms with Crippen molar-refractivity contribution in [2.24, 2.45) is 16.2 Å². The molecule has 0 aromatic carbocycles. The van der Waals surface area contributed by atoms with E-state index in [4.69, 9.17) is 6.42 Å². The molecule has 1 N–H and O–H groups in total. The third kappa shape index (κ3) is 1.55. The van der Waals surface area contributed by atoms with Crippen LogP contribution in [-0.2, 0) is 4.79 Å². The van der Waals surface area contributed by atoms with Gasteiger partial charge in [-0.3, -0.25) is 4.79 Å². The molecule has 2 bridgehead atoms. The highest BCUT2D eigenvalue weighted by molar-refractivity contribution is 5.83. The number of nitrogens with one attached hydrogen (secondary N) is 1. The first-order chi connectivity index (χ1) is 6.81. The summed E-state index contributed by atoms with van der Waals surface area (Å²) in [6, 6.07) is 0. The van der Waals surface area contributed by atoms with E-state index < -0.39 is 0 Å². The third-order valence-electron chi connectivity index (χ3n) is 3.99. The molecule has 1 saturated carbocycles. The third-order valence-corrected chi connectivity index (χ3v) is 3.99. The van der Waals surface area contributed by atoms with E-state index in [2.05, 4.69) is 32.0 Å². The second-order valence-electron chi connectivity index (χ2n) is 6.29. The second kappa shape index (κ2) is 2.78. The molecule has 0 unspecified atom stereocenters. The standard InChI is InChI=1S/C13H19NO/c1-5-11(2)6-12(3)8-13(4,7-11)10(15)14-9-12/h1H,6-9H2,2-4H3,(H,14,15)/t11-,12+,13-/m0/s1. The van der Waals surface area contributed by atoms with Crippen LogP contribution in [0.2, 0.25) is 0 Å². The van der Waals surface area contributed by atoms with Crippen molar-refractivity contribution in [1.82, 2.24) is 5.32 Å². The first-order valence-electron chi connectivity index (χ1n) is 5.57. The van der Waals surface area contributed by atoms with E-state index >= 15 is 0 Å². The lowest BCUT2D eigenvalue weighted by Gasteiger charge is -2.53. The molecule has 1 saturated heterocycles. The lowest BCUT2D eigenvalue weighted by Crippen LogP contribution is -2.58. The van der Waals surface area contributed by atoms with Crippen molar-refractivity contribution in [3.63, 3.8) is 0 Å². The maximum Gasteiger partial charge on any atom is 0.226 e. The van der Waals surface area contributed by atoms with Crippen molar-refractivity contribution in [3.05, 3.63) is 0 Å². The average molecular weight is 205 g/mol. The zero-order chi connectivity index (χ0) is 11.3. The predicted molar refractivity (Wildman–Crippen MR) is 60.0 cm³/mol. The number of piperidine rings is 1. The highest BCUT2D eigenvalue weighted by Crippen LogP contribution is 2.55. The topological polar surface area (TPSA) is 29.1 Å². The van der Waals surface area contributed by atoms with Gasteiger partial charge in [0.15, 0.2) is 0 Å². The average Bonchev–Trinajstić information content (AvgIpc) is 2.11. The quantitative estimate of drug-likeness (QED) is 0.602. The molecule has 1 amide bonds. The monoisotopic (exact) mass is 205 g/mol. The molecule has 0 spiro atoms. The van der Waals surface area contributed by atoms with E-state index in [0.29, 0.717) is 0 Å². The largest absolute Gasteiger partial charge is 0.355 e. The van der Waals surface area contributed by atoms with Gasteiger partial charge in [-0.15, -0.1) is 12.3 Å². The normalized spacial score (nSPS) is 49.3. The van der Waals surface area contributed by atoms with Crippen LogP contribution in [0.1, 0.15) is 40.0 Å². The van der Waals surface area contributed by atoms with E-state index in [-0.39, 0.29) is 22.2 Å². The van der Waals surface area contributed by atoms with Crippen LogP contribution in [0.4, 0.5) is 0 Å². The van der Waals surface area contributed by atoms with Gasteiger partial charge in [0.25, 0.3) is 0 Å². The summed E-state index contributed by atoms with van der Waals surface area (Å²) in [7, 11) is 0. The van der Waals surface area contributed by atoms with Crippen molar-refractivity contribution >= 4 is 5.91 Å². The molecular weight excluding hydrogens is 186 g/mol. The SMILES string of the molecule is C#C[C@@]1(C)C[C@@]2(C)CNC(=O)[C@@](C)(C1)C2. The summed E-state index contributed by atoms with van der Waals surface area (Å²) in [5.41, 5.74) is -0.187. The first-order valence-corrected chi connectivity index (χ1v) is 5.57. The lowest BCUT2D eigenvalue weighted by molar-refractivity contribution is -0.144. The van der Waals surface area contributed by atoms with Gasteiger partial charge in [-0.25, -0.2) is 0 Å². The fourth-order valence-electron chi connectivity index (χ4n) is 3.83. The minimum atomic E-state index is -0.258. The van der Waals surface area contributed by atoms with E-state index in [1.54, 1.807) is 0 Å². The zero-order valence-corrected chi connectivity index (χ0v) is 9.81. The van der Waals surface area contributed by atoms with Gasteiger partial charge in [-0.2, -0.15) is 0 Å². The van der Waals surface area contributed by atoms with Crippen molar-refractivity contribution in [2.75, 3.05) is 6.54 Å². The number of fused-ring (bicyclic) bond motifs is 2. The van der Waals surface area contributed by atoms with E-state index in [0.717, 1.165) is 25.8 Å². The van der Waals surface area contributed by atoms with Crippen LogP contribution in [0.5, 0.6) is 0 Å². The minimum Gasteiger partial charge on any atom is -0.355 e. The van der Waals surface area contributed by atoms with Crippen LogP contribution in [0.3, 0.4) is 0 Å². The fraction of sp³-hybridized carbons (Fsp3) is 0.769. The Morgan fingerprint density at radius 3 is 2.53 bits per heavy atom. The number of hydrogen-bond acceptors (Lipinski definition) is 1. The fourth-order valence-corrected chi connectivity index (χ4v) is 3.83. The number of amides is 1.